The Morgan fingerprint density at radius 2 is 1.73 bits per heavy atom. The van der Waals surface area contributed by atoms with Crippen LogP contribution < -0.4 is 11.1 Å². The van der Waals surface area contributed by atoms with E-state index in [1.807, 2.05) is 0 Å². The highest BCUT2D eigenvalue weighted by atomic mass is 19.2. The molecule has 1 aliphatic rings. The van der Waals surface area contributed by atoms with Gasteiger partial charge >= 0.3 is 0 Å². The summed E-state index contributed by atoms with van der Waals surface area (Å²) < 4.78 is 39.0. The minimum absolute atomic E-state index is 0.145. The van der Waals surface area contributed by atoms with E-state index < -0.39 is 17.5 Å². The van der Waals surface area contributed by atoms with Gasteiger partial charge in [-0.05, 0) is 11.6 Å². The minimum Gasteiger partial charge on any atom is -0.326 e. The summed E-state index contributed by atoms with van der Waals surface area (Å²) >= 11 is 0. The van der Waals surface area contributed by atoms with Crippen LogP contribution in [0.5, 0.6) is 0 Å². The summed E-state index contributed by atoms with van der Waals surface area (Å²) in [6, 6.07) is 1.20. The van der Waals surface area contributed by atoms with E-state index in [-0.39, 0.29) is 17.5 Å². The number of hydrogen-bond donors (Lipinski definition) is 2. The molecule has 5 heteroatoms. The second-order valence-corrected chi connectivity index (χ2v) is 3.72. The van der Waals surface area contributed by atoms with Crippen LogP contribution in [0.15, 0.2) is 12.1 Å². The molecular weight excluding hydrogens is 205 g/mol. The van der Waals surface area contributed by atoms with Gasteiger partial charge in [-0.1, -0.05) is 0 Å². The van der Waals surface area contributed by atoms with Gasteiger partial charge < -0.3 is 11.1 Å². The van der Waals surface area contributed by atoms with Crippen LogP contribution in [-0.4, -0.2) is 19.1 Å². The van der Waals surface area contributed by atoms with Crippen molar-refractivity contribution in [2.24, 2.45) is 5.73 Å². The molecule has 3 N–H and O–H groups in total. The SMILES string of the molecule is NC1CNCC1c1cc(F)c(F)cc1F. The molecule has 1 aromatic rings. The van der Waals surface area contributed by atoms with Gasteiger partial charge in [-0.3, -0.25) is 0 Å². The molecule has 0 saturated carbocycles. The van der Waals surface area contributed by atoms with Gasteiger partial charge in [0.15, 0.2) is 11.6 Å². The number of rotatable bonds is 1. The highest BCUT2D eigenvalue weighted by molar-refractivity contribution is 5.27. The van der Waals surface area contributed by atoms with Crippen LogP contribution >= 0.6 is 0 Å². The fourth-order valence-electron chi connectivity index (χ4n) is 1.86. The third-order valence-corrected chi connectivity index (χ3v) is 2.70. The Kier molecular flexibility index (Phi) is 2.67. The van der Waals surface area contributed by atoms with Crippen LogP contribution in [0.1, 0.15) is 11.5 Å². The number of halogens is 3. The lowest BCUT2D eigenvalue weighted by Gasteiger charge is -2.15. The molecule has 15 heavy (non-hydrogen) atoms. The van der Waals surface area contributed by atoms with E-state index in [4.69, 9.17) is 5.73 Å². The summed E-state index contributed by atoms with van der Waals surface area (Å²) in [7, 11) is 0. The second kappa shape index (κ2) is 3.83. The van der Waals surface area contributed by atoms with E-state index in [1.165, 1.54) is 0 Å². The number of benzene rings is 1. The van der Waals surface area contributed by atoms with Crippen molar-refractivity contribution in [2.45, 2.75) is 12.0 Å². The Morgan fingerprint density at radius 1 is 1.07 bits per heavy atom. The maximum Gasteiger partial charge on any atom is 0.161 e. The lowest BCUT2D eigenvalue weighted by Crippen LogP contribution is -2.28. The molecule has 82 valence electrons. The quantitative estimate of drug-likeness (QED) is 0.690. The van der Waals surface area contributed by atoms with Crippen LogP contribution in [0.25, 0.3) is 0 Å². The highest BCUT2D eigenvalue weighted by Crippen LogP contribution is 2.26. The van der Waals surface area contributed by atoms with Crippen molar-refractivity contribution in [1.29, 1.82) is 0 Å². The fourth-order valence-corrected chi connectivity index (χ4v) is 1.86. The van der Waals surface area contributed by atoms with Gasteiger partial charge in [0.25, 0.3) is 0 Å². The highest BCUT2D eigenvalue weighted by Gasteiger charge is 2.28. The number of hydrogen-bond acceptors (Lipinski definition) is 2. The standard InChI is InChI=1S/C10H11F3N2/c11-7-2-9(13)8(12)1-5(7)6-3-15-4-10(6)14/h1-2,6,10,15H,3-4,14H2. The molecule has 1 heterocycles. The lowest BCUT2D eigenvalue weighted by atomic mass is 9.94. The summed E-state index contributed by atoms with van der Waals surface area (Å²) in [6.45, 7) is 1.05. The molecule has 0 bridgehead atoms. The van der Waals surface area contributed by atoms with E-state index in [0.29, 0.717) is 19.2 Å². The van der Waals surface area contributed by atoms with Gasteiger partial charge in [0.2, 0.25) is 0 Å². The van der Waals surface area contributed by atoms with Crippen LogP contribution in [0.3, 0.4) is 0 Å². The van der Waals surface area contributed by atoms with Gasteiger partial charge in [-0.15, -0.1) is 0 Å². The Bertz CT molecular complexity index is 381. The summed E-state index contributed by atoms with van der Waals surface area (Å²) in [4.78, 5) is 0. The summed E-state index contributed by atoms with van der Waals surface area (Å²) in [6.07, 6.45) is 0. The van der Waals surface area contributed by atoms with Crippen molar-refractivity contribution >= 4 is 0 Å². The Hall–Kier alpha value is -1.07. The van der Waals surface area contributed by atoms with Crippen LogP contribution in [0, 0.1) is 17.5 Å². The van der Waals surface area contributed by atoms with Gasteiger partial charge in [-0.25, -0.2) is 13.2 Å². The summed E-state index contributed by atoms with van der Waals surface area (Å²) in [5, 5.41) is 2.97. The van der Waals surface area contributed by atoms with Crippen molar-refractivity contribution < 1.29 is 13.2 Å². The van der Waals surface area contributed by atoms with Crippen LogP contribution in [0.4, 0.5) is 13.2 Å². The van der Waals surface area contributed by atoms with Crippen molar-refractivity contribution in [1.82, 2.24) is 5.32 Å². The van der Waals surface area contributed by atoms with E-state index >= 15 is 0 Å². The summed E-state index contributed by atoms with van der Waals surface area (Å²) in [5.41, 5.74) is 5.87. The Morgan fingerprint density at radius 3 is 2.33 bits per heavy atom. The maximum absolute atomic E-state index is 13.4. The fraction of sp³-hybridized carbons (Fsp3) is 0.400. The first kappa shape index (κ1) is 10.4. The van der Waals surface area contributed by atoms with Gasteiger partial charge in [0, 0.05) is 31.1 Å². The lowest BCUT2D eigenvalue weighted by molar-refractivity contribution is 0.482. The molecular formula is C10H11F3N2. The van der Waals surface area contributed by atoms with Crippen molar-refractivity contribution in [3.8, 4) is 0 Å². The van der Waals surface area contributed by atoms with Crippen molar-refractivity contribution in [3.63, 3.8) is 0 Å². The van der Waals surface area contributed by atoms with E-state index in [9.17, 15) is 13.2 Å². The molecule has 0 radical (unpaired) electrons. The zero-order chi connectivity index (χ0) is 11.0. The molecule has 1 fully saturated rings. The average Bonchev–Trinajstić information content (AvgIpc) is 2.58. The third kappa shape index (κ3) is 1.85. The topological polar surface area (TPSA) is 38.0 Å². The molecule has 2 unspecified atom stereocenters. The van der Waals surface area contributed by atoms with Gasteiger partial charge in [0.1, 0.15) is 5.82 Å². The number of nitrogens with two attached hydrogens (primary N) is 1. The van der Waals surface area contributed by atoms with Crippen LogP contribution in [-0.2, 0) is 0 Å². The second-order valence-electron chi connectivity index (χ2n) is 3.72. The maximum atomic E-state index is 13.4. The van der Waals surface area contributed by atoms with Crippen molar-refractivity contribution in [3.05, 3.63) is 35.1 Å². The van der Waals surface area contributed by atoms with E-state index in [1.54, 1.807) is 0 Å². The third-order valence-electron chi connectivity index (χ3n) is 2.70. The normalized spacial score (nSPS) is 25.9. The summed E-state index contributed by atoms with van der Waals surface area (Å²) in [5.74, 6) is -3.24. The zero-order valence-corrected chi connectivity index (χ0v) is 7.93. The largest absolute Gasteiger partial charge is 0.326 e. The molecule has 0 amide bonds. The zero-order valence-electron chi connectivity index (χ0n) is 7.93. The predicted molar refractivity (Wildman–Crippen MR) is 49.9 cm³/mol. The average molecular weight is 216 g/mol. The smallest absolute Gasteiger partial charge is 0.161 e. The van der Waals surface area contributed by atoms with E-state index in [0.717, 1.165) is 6.07 Å². The van der Waals surface area contributed by atoms with Gasteiger partial charge in [-0.2, -0.15) is 0 Å². The molecule has 1 saturated heterocycles. The molecule has 0 aliphatic carbocycles. The first-order chi connectivity index (χ1) is 7.09. The molecule has 2 atom stereocenters. The van der Waals surface area contributed by atoms with Crippen molar-refractivity contribution in [2.75, 3.05) is 13.1 Å². The Labute approximate surface area is 85.3 Å². The molecule has 0 aromatic heterocycles. The minimum atomic E-state index is -1.17. The molecule has 0 spiro atoms. The Balaban J connectivity index is 2.39. The van der Waals surface area contributed by atoms with Gasteiger partial charge in [0.05, 0.1) is 0 Å². The van der Waals surface area contributed by atoms with E-state index in [2.05, 4.69) is 5.32 Å². The predicted octanol–water partition coefficient (Wildman–Crippen LogP) is 1.12. The first-order valence-electron chi connectivity index (χ1n) is 4.70. The van der Waals surface area contributed by atoms with Crippen LogP contribution in [0.2, 0.25) is 0 Å². The molecule has 2 rings (SSSR count). The molecule has 1 aromatic carbocycles. The first-order valence-corrected chi connectivity index (χ1v) is 4.70. The molecule has 2 nitrogen and oxygen atoms in total. The molecule has 1 aliphatic heterocycles. The number of nitrogens with one attached hydrogen (secondary N) is 1. The monoisotopic (exact) mass is 216 g/mol.